The molecule has 0 aliphatic heterocycles. The lowest BCUT2D eigenvalue weighted by molar-refractivity contribution is -0.390. The molecule has 0 aromatic carbocycles. The molecule has 2 fully saturated rings. The van der Waals surface area contributed by atoms with Gasteiger partial charge in [-0.05, 0) is 72.9 Å². The van der Waals surface area contributed by atoms with Crippen molar-refractivity contribution in [1.29, 1.82) is 0 Å². The van der Waals surface area contributed by atoms with Crippen molar-refractivity contribution in [2.45, 2.75) is 51.7 Å². The first-order valence-corrected chi connectivity index (χ1v) is 8.52. The second-order valence-corrected chi connectivity index (χ2v) is 6.98. The molecule has 5 atom stereocenters. The van der Waals surface area contributed by atoms with Crippen LogP contribution in [-0.2, 0) is 4.79 Å². The van der Waals surface area contributed by atoms with E-state index in [1.807, 2.05) is 6.92 Å². The molecule has 0 unspecified atom stereocenters. The van der Waals surface area contributed by atoms with Gasteiger partial charge in [-0.3, -0.25) is 4.79 Å². The van der Waals surface area contributed by atoms with Gasteiger partial charge in [0.2, 0.25) is 5.75 Å². The van der Waals surface area contributed by atoms with Crippen LogP contribution in [0.1, 0.15) is 39.5 Å². The smallest absolute Gasteiger partial charge is 0.406 e. The van der Waals surface area contributed by atoms with Crippen molar-refractivity contribution in [3.8, 4) is 5.75 Å². The van der Waals surface area contributed by atoms with Gasteiger partial charge in [0, 0.05) is 6.04 Å². The van der Waals surface area contributed by atoms with Crippen molar-refractivity contribution < 1.29 is 14.5 Å². The predicted molar refractivity (Wildman–Crippen MR) is 87.5 cm³/mol. The third-order valence-corrected chi connectivity index (χ3v) is 5.40. The second-order valence-electron chi connectivity index (χ2n) is 6.98. The minimum Gasteiger partial charge on any atom is -0.473 e. The molecule has 1 heterocycles. The Hall–Kier alpha value is -2.18. The van der Waals surface area contributed by atoms with Crippen LogP contribution in [-0.4, -0.2) is 28.0 Å². The van der Waals surface area contributed by atoms with Crippen molar-refractivity contribution in [3.63, 3.8) is 0 Å². The maximum Gasteiger partial charge on any atom is 0.406 e. The van der Waals surface area contributed by atoms with E-state index in [0.717, 1.165) is 11.8 Å². The number of nitrogens with one attached hydrogen (secondary N) is 1. The number of amides is 1. The Morgan fingerprint density at radius 1 is 1.42 bits per heavy atom. The van der Waals surface area contributed by atoms with E-state index in [2.05, 4.69) is 10.3 Å². The predicted octanol–water partition coefficient (Wildman–Crippen LogP) is 2.70. The van der Waals surface area contributed by atoms with Crippen LogP contribution in [0, 0.1) is 27.9 Å². The molecule has 1 aromatic heterocycles. The Balaban J connectivity index is 1.58. The van der Waals surface area contributed by atoms with E-state index in [9.17, 15) is 14.9 Å². The molecule has 2 saturated carbocycles. The molecule has 2 bridgehead atoms. The van der Waals surface area contributed by atoms with Gasteiger partial charge in [0.05, 0.1) is 0 Å². The number of fused-ring (bicyclic) bond motifs is 2. The van der Waals surface area contributed by atoms with Crippen LogP contribution in [0.15, 0.2) is 18.3 Å². The van der Waals surface area contributed by atoms with Gasteiger partial charge in [-0.1, -0.05) is 6.42 Å². The Bertz CT molecular complexity index is 636. The average molecular weight is 333 g/mol. The first kappa shape index (κ1) is 16.7. The number of ether oxygens (including phenoxy) is 1. The molecule has 1 amide bonds. The van der Waals surface area contributed by atoms with Crippen LogP contribution in [0.25, 0.3) is 0 Å². The number of pyridine rings is 1. The topological polar surface area (TPSA) is 94.4 Å². The average Bonchev–Trinajstić information content (AvgIpc) is 3.18. The van der Waals surface area contributed by atoms with E-state index in [0.29, 0.717) is 5.92 Å². The quantitative estimate of drug-likeness (QED) is 0.638. The highest BCUT2D eigenvalue weighted by molar-refractivity contribution is 5.81. The standard InChI is InChI=1S/C17H23N3O4/c1-10(14-9-12-5-6-13(14)8-12)19-17(21)11(2)24-15-4-3-7-18-16(15)20(22)23/h3-4,7,10-14H,5-6,8-9H2,1-2H3,(H,19,21)/t10-,11+,12+,13+,14+/m1/s1. The number of nitro groups is 1. The molecule has 1 aromatic rings. The number of hydrogen-bond donors (Lipinski definition) is 1. The number of nitrogens with zero attached hydrogens (tertiary/aromatic N) is 2. The van der Waals surface area contributed by atoms with Crippen molar-refractivity contribution in [2.24, 2.45) is 17.8 Å². The number of carbonyl (C=O) groups is 1. The van der Waals surface area contributed by atoms with Gasteiger partial charge in [0.25, 0.3) is 5.91 Å². The van der Waals surface area contributed by atoms with Crippen molar-refractivity contribution in [1.82, 2.24) is 10.3 Å². The molecule has 7 heteroatoms. The summed E-state index contributed by atoms with van der Waals surface area (Å²) in [6, 6.07) is 3.10. The SMILES string of the molecule is C[C@H](Oc1cccnc1[N+](=O)[O-])C(=O)N[C@H](C)[C@@H]1C[C@H]2CC[C@H]1C2. The molecule has 3 rings (SSSR count). The highest BCUT2D eigenvalue weighted by Gasteiger charge is 2.42. The molecule has 130 valence electrons. The number of carbonyl (C=O) groups excluding carboxylic acids is 1. The summed E-state index contributed by atoms with van der Waals surface area (Å²) >= 11 is 0. The Labute approximate surface area is 140 Å². The van der Waals surface area contributed by atoms with Gasteiger partial charge in [0.15, 0.2) is 6.10 Å². The molecular weight excluding hydrogens is 310 g/mol. The zero-order valence-electron chi connectivity index (χ0n) is 14.0. The summed E-state index contributed by atoms with van der Waals surface area (Å²) in [5.41, 5.74) is 0. The molecule has 24 heavy (non-hydrogen) atoms. The highest BCUT2D eigenvalue weighted by Crippen LogP contribution is 2.49. The van der Waals surface area contributed by atoms with Crippen LogP contribution in [0.4, 0.5) is 5.82 Å². The summed E-state index contributed by atoms with van der Waals surface area (Å²) in [6.45, 7) is 3.64. The Morgan fingerprint density at radius 2 is 2.21 bits per heavy atom. The summed E-state index contributed by atoms with van der Waals surface area (Å²) in [7, 11) is 0. The van der Waals surface area contributed by atoms with E-state index in [1.165, 1.54) is 37.9 Å². The molecule has 0 radical (unpaired) electrons. The Morgan fingerprint density at radius 3 is 2.83 bits per heavy atom. The first-order valence-electron chi connectivity index (χ1n) is 8.52. The minimum atomic E-state index is -0.811. The van der Waals surface area contributed by atoms with Crippen LogP contribution >= 0.6 is 0 Å². The van der Waals surface area contributed by atoms with E-state index in [4.69, 9.17) is 4.74 Å². The molecule has 7 nitrogen and oxygen atoms in total. The van der Waals surface area contributed by atoms with Crippen molar-refractivity contribution >= 4 is 11.7 Å². The van der Waals surface area contributed by atoms with E-state index >= 15 is 0 Å². The van der Waals surface area contributed by atoms with E-state index in [-0.39, 0.29) is 23.5 Å². The fourth-order valence-corrected chi connectivity index (χ4v) is 4.21. The fourth-order valence-electron chi connectivity index (χ4n) is 4.21. The number of rotatable bonds is 6. The normalized spacial score (nSPS) is 27.5. The Kier molecular flexibility index (Phi) is 4.69. The third-order valence-electron chi connectivity index (χ3n) is 5.40. The van der Waals surface area contributed by atoms with Gasteiger partial charge in [0.1, 0.15) is 6.20 Å². The van der Waals surface area contributed by atoms with Crippen LogP contribution < -0.4 is 10.1 Å². The summed E-state index contributed by atoms with van der Waals surface area (Å²) in [5.74, 6) is 1.47. The highest BCUT2D eigenvalue weighted by atomic mass is 16.6. The fraction of sp³-hybridized carbons (Fsp3) is 0.647. The van der Waals surface area contributed by atoms with Crippen LogP contribution in [0.2, 0.25) is 0 Å². The van der Waals surface area contributed by atoms with Crippen molar-refractivity contribution in [2.75, 3.05) is 0 Å². The molecular formula is C17H23N3O4. The first-order chi connectivity index (χ1) is 11.5. The molecule has 0 saturated heterocycles. The maximum atomic E-state index is 12.4. The van der Waals surface area contributed by atoms with Gasteiger partial charge in [-0.2, -0.15) is 0 Å². The monoisotopic (exact) mass is 333 g/mol. The molecule has 2 aliphatic rings. The largest absolute Gasteiger partial charge is 0.473 e. The minimum absolute atomic E-state index is 0.0118. The van der Waals surface area contributed by atoms with E-state index < -0.39 is 11.0 Å². The van der Waals surface area contributed by atoms with Gasteiger partial charge in [-0.15, -0.1) is 0 Å². The zero-order chi connectivity index (χ0) is 17.3. The molecule has 1 N–H and O–H groups in total. The summed E-state index contributed by atoms with van der Waals surface area (Å²) in [6.07, 6.45) is 5.59. The third kappa shape index (κ3) is 3.34. The lowest BCUT2D eigenvalue weighted by atomic mass is 9.84. The lowest BCUT2D eigenvalue weighted by Crippen LogP contribution is -2.45. The summed E-state index contributed by atoms with van der Waals surface area (Å²) in [5, 5.41) is 14.0. The summed E-state index contributed by atoms with van der Waals surface area (Å²) in [4.78, 5) is 26.4. The zero-order valence-corrected chi connectivity index (χ0v) is 14.0. The number of hydrogen-bond acceptors (Lipinski definition) is 5. The van der Waals surface area contributed by atoms with E-state index in [1.54, 1.807) is 13.0 Å². The maximum absolute atomic E-state index is 12.4. The van der Waals surface area contributed by atoms with Gasteiger partial charge >= 0.3 is 5.82 Å². The van der Waals surface area contributed by atoms with Crippen LogP contribution in [0.3, 0.4) is 0 Å². The van der Waals surface area contributed by atoms with Gasteiger partial charge in [-0.25, -0.2) is 0 Å². The van der Waals surface area contributed by atoms with Gasteiger partial charge < -0.3 is 20.2 Å². The number of aromatic nitrogens is 1. The molecule has 0 spiro atoms. The molecule has 2 aliphatic carbocycles. The summed E-state index contributed by atoms with van der Waals surface area (Å²) < 4.78 is 5.48. The van der Waals surface area contributed by atoms with Crippen LogP contribution in [0.5, 0.6) is 5.75 Å². The van der Waals surface area contributed by atoms with Crippen molar-refractivity contribution in [3.05, 3.63) is 28.4 Å². The second kappa shape index (κ2) is 6.75. The lowest BCUT2D eigenvalue weighted by Gasteiger charge is -2.29.